The van der Waals surface area contributed by atoms with Crippen LogP contribution in [-0.2, 0) is 11.2 Å². The molecule has 3 fully saturated rings. The van der Waals surface area contributed by atoms with Crippen LogP contribution in [0, 0.1) is 11.3 Å². The Labute approximate surface area is 226 Å². The number of fused-ring (bicyclic) bond motifs is 2. The van der Waals surface area contributed by atoms with Crippen molar-refractivity contribution in [3.63, 3.8) is 0 Å². The second-order valence-electron chi connectivity index (χ2n) is 11.2. The van der Waals surface area contributed by atoms with Gasteiger partial charge in [-0.25, -0.2) is 0 Å². The molecule has 4 heterocycles. The molecule has 3 aliphatic rings. The summed E-state index contributed by atoms with van der Waals surface area (Å²) in [4.78, 5) is 9.94. The summed E-state index contributed by atoms with van der Waals surface area (Å²) in [6.45, 7) is 8.15. The number of nitrogens with one attached hydrogen (secondary N) is 2. The molecule has 0 saturated carbocycles. The van der Waals surface area contributed by atoms with Gasteiger partial charge in [0.2, 0.25) is 0 Å². The number of morpholine rings is 1. The first kappa shape index (κ1) is 25.2. The van der Waals surface area contributed by atoms with E-state index in [1.807, 2.05) is 13.9 Å². The van der Waals surface area contributed by atoms with Crippen LogP contribution in [0.2, 0.25) is 0 Å². The van der Waals surface area contributed by atoms with E-state index in [-0.39, 0.29) is 6.10 Å². The maximum Gasteiger partial charge on any atom is 0.163 e. The second kappa shape index (κ2) is 10.9. The number of benzene rings is 2. The number of nitriles is 1. The van der Waals surface area contributed by atoms with Gasteiger partial charge in [-0.15, -0.1) is 0 Å². The number of pyridine rings is 1. The summed E-state index contributed by atoms with van der Waals surface area (Å²) in [5.41, 5.74) is 6.14. The van der Waals surface area contributed by atoms with Gasteiger partial charge in [-0.2, -0.15) is 5.26 Å². The fraction of sp³-hybridized carbons (Fsp3) is 0.467. The molecular weight excluding hydrogens is 471 g/mol. The van der Waals surface area contributed by atoms with Gasteiger partial charge in [0, 0.05) is 67.6 Å². The maximum absolute atomic E-state index is 9.64. The van der Waals surface area contributed by atoms with E-state index < -0.39 is 0 Å². The standard InChI is InChI=1S/C30H37BN6O/c1-20-18-36(28-8-4-22(16-32)30-27(28)7-9-29(31)35-30)19-25-15-24(10-12-37(20)25)34-23-5-2-21(3-6-23)14-26-17-33-11-13-38-26/h2-9,20,24-26,33-34H,10-15,17-19,31H2,1H3/t20-,24-,25+,26-/m1/s1. The lowest BCUT2D eigenvalue weighted by Crippen LogP contribution is -2.61. The molecule has 2 aromatic carbocycles. The molecule has 0 spiro atoms. The van der Waals surface area contributed by atoms with Crippen molar-refractivity contribution in [1.29, 1.82) is 5.26 Å². The van der Waals surface area contributed by atoms with Crippen molar-refractivity contribution in [3.05, 3.63) is 59.7 Å². The summed E-state index contributed by atoms with van der Waals surface area (Å²) in [5.74, 6) is 0. The Hall–Kier alpha value is -3.12. The van der Waals surface area contributed by atoms with E-state index in [0.29, 0.717) is 23.7 Å². The molecule has 3 aromatic rings. The highest BCUT2D eigenvalue weighted by molar-refractivity contribution is 6.31. The van der Waals surface area contributed by atoms with Crippen molar-refractivity contribution in [3.8, 4) is 6.07 Å². The molecule has 3 saturated heterocycles. The Morgan fingerprint density at radius 3 is 2.82 bits per heavy atom. The van der Waals surface area contributed by atoms with Crippen LogP contribution in [0.3, 0.4) is 0 Å². The number of rotatable bonds is 5. The van der Waals surface area contributed by atoms with Gasteiger partial charge >= 0.3 is 0 Å². The third-order valence-electron chi connectivity index (χ3n) is 8.47. The minimum Gasteiger partial charge on any atom is -0.382 e. The van der Waals surface area contributed by atoms with Crippen molar-refractivity contribution < 1.29 is 4.74 Å². The van der Waals surface area contributed by atoms with E-state index in [9.17, 15) is 5.26 Å². The molecule has 38 heavy (non-hydrogen) atoms. The van der Waals surface area contributed by atoms with Gasteiger partial charge < -0.3 is 20.3 Å². The van der Waals surface area contributed by atoms with E-state index in [4.69, 9.17) is 9.72 Å². The van der Waals surface area contributed by atoms with Gasteiger partial charge in [0.1, 0.15) is 6.07 Å². The van der Waals surface area contributed by atoms with E-state index in [1.165, 1.54) is 16.9 Å². The van der Waals surface area contributed by atoms with Crippen LogP contribution in [-0.4, -0.2) is 81.3 Å². The molecule has 4 atom stereocenters. The first-order chi connectivity index (χ1) is 18.6. The Morgan fingerprint density at radius 1 is 1.16 bits per heavy atom. The van der Waals surface area contributed by atoms with Crippen LogP contribution in [0.5, 0.6) is 0 Å². The zero-order valence-corrected chi connectivity index (χ0v) is 22.5. The molecule has 1 aromatic heterocycles. The Kier molecular flexibility index (Phi) is 7.25. The van der Waals surface area contributed by atoms with Gasteiger partial charge in [-0.1, -0.05) is 18.2 Å². The quantitative estimate of drug-likeness (QED) is 0.511. The summed E-state index contributed by atoms with van der Waals surface area (Å²) < 4.78 is 5.87. The summed E-state index contributed by atoms with van der Waals surface area (Å²) in [6.07, 6.45) is 3.51. The first-order valence-electron chi connectivity index (χ1n) is 14.1. The minimum absolute atomic E-state index is 0.274. The molecule has 2 N–H and O–H groups in total. The molecule has 0 unspecified atom stereocenters. The fourth-order valence-electron chi connectivity index (χ4n) is 6.56. The number of anilines is 2. The minimum atomic E-state index is 0.274. The average molecular weight is 508 g/mol. The van der Waals surface area contributed by atoms with E-state index >= 15 is 0 Å². The molecule has 196 valence electrons. The van der Waals surface area contributed by atoms with Crippen LogP contribution >= 0.6 is 0 Å². The van der Waals surface area contributed by atoms with Crippen LogP contribution < -0.4 is 21.1 Å². The van der Waals surface area contributed by atoms with Crippen molar-refractivity contribution in [2.75, 3.05) is 49.5 Å². The molecule has 0 bridgehead atoms. The Balaban J connectivity index is 1.14. The summed E-state index contributed by atoms with van der Waals surface area (Å²) >= 11 is 0. The molecule has 0 amide bonds. The summed E-state index contributed by atoms with van der Waals surface area (Å²) in [5, 5.41) is 18.0. The first-order valence-corrected chi connectivity index (χ1v) is 14.1. The van der Waals surface area contributed by atoms with E-state index in [2.05, 4.69) is 75.9 Å². The fourth-order valence-corrected chi connectivity index (χ4v) is 6.56. The lowest BCUT2D eigenvalue weighted by molar-refractivity contribution is 0.0292. The predicted octanol–water partition coefficient (Wildman–Crippen LogP) is 2.05. The highest BCUT2D eigenvalue weighted by Crippen LogP contribution is 2.33. The van der Waals surface area contributed by atoms with Crippen molar-refractivity contribution in [2.45, 2.75) is 50.4 Å². The predicted molar refractivity (Wildman–Crippen MR) is 156 cm³/mol. The largest absolute Gasteiger partial charge is 0.382 e. The average Bonchev–Trinajstić information content (AvgIpc) is 2.94. The zero-order valence-electron chi connectivity index (χ0n) is 22.5. The molecular formula is C30H37BN6O. The highest BCUT2D eigenvalue weighted by Gasteiger charge is 2.37. The van der Waals surface area contributed by atoms with Gasteiger partial charge in [0.15, 0.2) is 7.85 Å². The second-order valence-corrected chi connectivity index (χ2v) is 11.2. The van der Waals surface area contributed by atoms with Crippen molar-refractivity contribution in [1.82, 2.24) is 15.2 Å². The van der Waals surface area contributed by atoms with Crippen molar-refractivity contribution >= 4 is 35.7 Å². The lowest BCUT2D eigenvalue weighted by atomic mass is 9.91. The zero-order chi connectivity index (χ0) is 26.1. The number of aromatic nitrogens is 1. The molecule has 6 rings (SSSR count). The number of nitrogens with zero attached hydrogens (tertiary/aromatic N) is 4. The van der Waals surface area contributed by atoms with E-state index in [1.54, 1.807) is 0 Å². The number of hydrogen-bond acceptors (Lipinski definition) is 7. The smallest absolute Gasteiger partial charge is 0.163 e. The number of ether oxygens (including phenoxy) is 1. The molecule has 3 aliphatic heterocycles. The third kappa shape index (κ3) is 5.24. The van der Waals surface area contributed by atoms with Crippen LogP contribution in [0.1, 0.15) is 30.9 Å². The summed E-state index contributed by atoms with van der Waals surface area (Å²) in [7, 11) is 1.99. The normalized spacial score (nSPS) is 26.1. The van der Waals surface area contributed by atoms with Crippen molar-refractivity contribution in [2.24, 2.45) is 0 Å². The topological polar surface area (TPSA) is 76.5 Å². The van der Waals surface area contributed by atoms with Crippen LogP contribution in [0.15, 0.2) is 48.5 Å². The van der Waals surface area contributed by atoms with Gasteiger partial charge in [-0.3, -0.25) is 9.88 Å². The maximum atomic E-state index is 9.64. The van der Waals surface area contributed by atoms with E-state index in [0.717, 1.165) is 75.1 Å². The molecule has 8 heteroatoms. The number of piperazine rings is 1. The SMILES string of the molecule is Bc1ccc2c(N3C[C@@H]4C[C@H](Nc5ccc(C[C@@H]6CNCCO6)cc5)CCN4[C@H](C)C3)ccc(C#N)c2n1. The van der Waals surface area contributed by atoms with Gasteiger partial charge in [0.25, 0.3) is 0 Å². The lowest BCUT2D eigenvalue weighted by Gasteiger charge is -2.50. The number of piperidine rings is 1. The Bertz CT molecular complexity index is 1320. The summed E-state index contributed by atoms with van der Waals surface area (Å²) in [6, 6.07) is 20.9. The van der Waals surface area contributed by atoms with Gasteiger partial charge in [0.05, 0.1) is 23.8 Å². The van der Waals surface area contributed by atoms with Crippen LogP contribution in [0.4, 0.5) is 11.4 Å². The van der Waals surface area contributed by atoms with Gasteiger partial charge in [-0.05, 0) is 67.7 Å². The highest BCUT2D eigenvalue weighted by atomic mass is 16.5. The van der Waals surface area contributed by atoms with Crippen LogP contribution in [0.25, 0.3) is 10.9 Å². The monoisotopic (exact) mass is 508 g/mol. The Morgan fingerprint density at radius 2 is 2.03 bits per heavy atom. The molecule has 7 nitrogen and oxygen atoms in total. The number of hydrogen-bond donors (Lipinski definition) is 2. The molecule has 0 aliphatic carbocycles. The molecule has 0 radical (unpaired) electrons. The third-order valence-corrected chi connectivity index (χ3v) is 8.47.